The van der Waals surface area contributed by atoms with Crippen molar-refractivity contribution in [1.29, 1.82) is 0 Å². The lowest BCUT2D eigenvalue weighted by molar-refractivity contribution is 0.921. The lowest BCUT2D eigenvalue weighted by Crippen LogP contribution is -2.27. The quantitative estimate of drug-likeness (QED) is 0.715. The summed E-state index contributed by atoms with van der Waals surface area (Å²) in [6, 6.07) is 10.0. The molecule has 4 nitrogen and oxygen atoms in total. The van der Waals surface area contributed by atoms with E-state index in [9.17, 15) is 0 Å². The van der Waals surface area contributed by atoms with E-state index in [0.29, 0.717) is 11.7 Å². The molecule has 1 aromatic carbocycles. The van der Waals surface area contributed by atoms with Gasteiger partial charge in [-0.2, -0.15) is 0 Å². The molecular weight excluding hydrogens is 312 g/mol. The number of nitrogens with zero attached hydrogens (tertiary/aromatic N) is 2. The molecule has 0 fully saturated rings. The third-order valence-electron chi connectivity index (χ3n) is 3.20. The van der Waals surface area contributed by atoms with E-state index in [0.717, 1.165) is 28.2 Å². The molecule has 0 bridgehead atoms. The molecule has 112 valence electrons. The van der Waals surface area contributed by atoms with E-state index in [1.807, 2.05) is 24.3 Å². The van der Waals surface area contributed by atoms with E-state index >= 15 is 0 Å². The van der Waals surface area contributed by atoms with Crippen LogP contribution >= 0.6 is 23.6 Å². The predicted molar refractivity (Wildman–Crippen MR) is 96.3 cm³/mol. The van der Waals surface area contributed by atoms with E-state index in [1.165, 1.54) is 4.70 Å². The summed E-state index contributed by atoms with van der Waals surface area (Å²) >= 11 is 7.06. The van der Waals surface area contributed by atoms with Gasteiger partial charge < -0.3 is 10.6 Å². The van der Waals surface area contributed by atoms with Gasteiger partial charge in [0.1, 0.15) is 0 Å². The minimum atomic E-state index is 0.608. The number of anilines is 1. The van der Waals surface area contributed by atoms with Gasteiger partial charge in [0.25, 0.3) is 0 Å². The second-order valence-electron chi connectivity index (χ2n) is 4.81. The van der Waals surface area contributed by atoms with Crippen LogP contribution in [0.4, 0.5) is 5.69 Å². The second-order valence-corrected chi connectivity index (χ2v) is 6.33. The first-order valence-corrected chi connectivity index (χ1v) is 8.30. The number of benzene rings is 1. The summed E-state index contributed by atoms with van der Waals surface area (Å²) in [4.78, 5) is 8.56. The van der Waals surface area contributed by atoms with Crippen LogP contribution in [0.5, 0.6) is 0 Å². The average molecular weight is 328 g/mol. The van der Waals surface area contributed by atoms with Gasteiger partial charge in [0.05, 0.1) is 15.2 Å². The highest BCUT2D eigenvalue weighted by molar-refractivity contribution is 7.80. The maximum Gasteiger partial charge on any atom is 0.171 e. The first-order chi connectivity index (χ1) is 10.7. The van der Waals surface area contributed by atoms with Gasteiger partial charge >= 0.3 is 0 Å². The van der Waals surface area contributed by atoms with Crippen molar-refractivity contribution in [2.75, 3.05) is 5.32 Å². The summed E-state index contributed by atoms with van der Waals surface area (Å²) in [6.07, 6.45) is 4.51. The van der Waals surface area contributed by atoms with E-state index in [-0.39, 0.29) is 0 Å². The Morgan fingerprint density at radius 1 is 1.23 bits per heavy atom. The zero-order valence-corrected chi connectivity index (χ0v) is 13.8. The van der Waals surface area contributed by atoms with Gasteiger partial charge in [0, 0.05) is 24.6 Å². The molecule has 3 aromatic rings. The minimum Gasteiger partial charge on any atom is -0.358 e. The molecule has 0 unspecified atom stereocenters. The van der Waals surface area contributed by atoms with E-state index in [4.69, 9.17) is 12.2 Å². The first-order valence-electron chi connectivity index (χ1n) is 7.08. The predicted octanol–water partition coefficient (Wildman–Crippen LogP) is 3.74. The molecule has 0 spiro atoms. The SMILES string of the molecule is CCc1nc2ccc(NC(=S)NCc3ccncc3)cc2s1. The molecule has 6 heteroatoms. The molecule has 0 saturated heterocycles. The summed E-state index contributed by atoms with van der Waals surface area (Å²) < 4.78 is 1.18. The van der Waals surface area contributed by atoms with Crippen LogP contribution in [0.3, 0.4) is 0 Å². The standard InChI is InChI=1S/C16H16N4S2/c1-2-15-20-13-4-3-12(9-14(13)22-15)19-16(21)18-10-11-5-7-17-8-6-11/h3-9H,2,10H2,1H3,(H2,18,19,21). The second kappa shape index (κ2) is 6.81. The Labute approximate surface area is 138 Å². The number of aromatic nitrogens is 2. The molecule has 2 heterocycles. The maximum atomic E-state index is 5.34. The van der Waals surface area contributed by atoms with E-state index in [1.54, 1.807) is 23.7 Å². The number of nitrogens with one attached hydrogen (secondary N) is 2. The van der Waals surface area contributed by atoms with Crippen LogP contribution in [0, 0.1) is 0 Å². The number of pyridine rings is 1. The molecule has 0 aliphatic carbocycles. The lowest BCUT2D eigenvalue weighted by Gasteiger charge is -2.10. The summed E-state index contributed by atoms with van der Waals surface area (Å²) in [7, 11) is 0. The molecule has 0 radical (unpaired) electrons. The van der Waals surface area contributed by atoms with Crippen molar-refractivity contribution in [3.63, 3.8) is 0 Å². The van der Waals surface area contributed by atoms with Crippen molar-refractivity contribution in [2.45, 2.75) is 19.9 Å². The third kappa shape index (κ3) is 3.58. The lowest BCUT2D eigenvalue weighted by atomic mass is 10.3. The summed E-state index contributed by atoms with van der Waals surface area (Å²) in [5.74, 6) is 0. The van der Waals surface area contributed by atoms with Crippen LogP contribution in [-0.4, -0.2) is 15.1 Å². The van der Waals surface area contributed by atoms with Gasteiger partial charge in [-0.25, -0.2) is 4.98 Å². The van der Waals surface area contributed by atoms with Gasteiger partial charge in [0.15, 0.2) is 5.11 Å². The molecular formula is C16H16N4S2. The molecule has 2 aromatic heterocycles. The van der Waals surface area contributed by atoms with Crippen LogP contribution in [0.25, 0.3) is 10.2 Å². The fourth-order valence-corrected chi connectivity index (χ4v) is 3.20. The van der Waals surface area contributed by atoms with Gasteiger partial charge in [-0.3, -0.25) is 4.98 Å². The highest BCUT2D eigenvalue weighted by atomic mass is 32.1. The van der Waals surface area contributed by atoms with Crippen molar-refractivity contribution < 1.29 is 0 Å². The highest BCUT2D eigenvalue weighted by Gasteiger charge is 2.04. The number of hydrogen-bond donors (Lipinski definition) is 2. The number of hydrogen-bond acceptors (Lipinski definition) is 4. The zero-order valence-electron chi connectivity index (χ0n) is 12.2. The molecule has 3 rings (SSSR count). The Balaban J connectivity index is 1.63. The van der Waals surface area contributed by atoms with Crippen LogP contribution in [0.15, 0.2) is 42.7 Å². The Hall–Kier alpha value is -2.05. The van der Waals surface area contributed by atoms with Gasteiger partial charge in [-0.15, -0.1) is 11.3 Å². The fourth-order valence-electron chi connectivity index (χ4n) is 2.06. The maximum absolute atomic E-state index is 5.34. The van der Waals surface area contributed by atoms with Gasteiger partial charge in [-0.1, -0.05) is 6.92 Å². The number of thiazole rings is 1. The normalized spacial score (nSPS) is 10.6. The van der Waals surface area contributed by atoms with Crippen molar-refractivity contribution in [3.05, 3.63) is 53.3 Å². The molecule has 2 N–H and O–H groups in total. The van der Waals surface area contributed by atoms with Crippen molar-refractivity contribution in [3.8, 4) is 0 Å². The number of aryl methyl sites for hydroxylation is 1. The molecule has 0 aliphatic heterocycles. The fraction of sp³-hybridized carbons (Fsp3) is 0.188. The van der Waals surface area contributed by atoms with Crippen molar-refractivity contribution >= 4 is 44.6 Å². The first kappa shape index (κ1) is 14.9. The average Bonchev–Trinajstić information content (AvgIpc) is 2.96. The smallest absolute Gasteiger partial charge is 0.171 e. The Morgan fingerprint density at radius 2 is 2.05 bits per heavy atom. The minimum absolute atomic E-state index is 0.608. The molecule has 0 atom stereocenters. The number of thiocarbonyl (C=S) groups is 1. The Kier molecular flexibility index (Phi) is 4.60. The topological polar surface area (TPSA) is 49.8 Å². The van der Waals surface area contributed by atoms with Crippen molar-refractivity contribution in [2.24, 2.45) is 0 Å². The van der Waals surface area contributed by atoms with Crippen LogP contribution in [-0.2, 0) is 13.0 Å². The molecule has 0 aliphatic rings. The Bertz CT molecular complexity index is 783. The van der Waals surface area contributed by atoms with Gasteiger partial charge in [0.2, 0.25) is 0 Å². The highest BCUT2D eigenvalue weighted by Crippen LogP contribution is 2.25. The zero-order chi connectivity index (χ0) is 15.4. The van der Waals surface area contributed by atoms with Crippen LogP contribution < -0.4 is 10.6 Å². The Morgan fingerprint density at radius 3 is 2.82 bits per heavy atom. The van der Waals surface area contributed by atoms with Crippen LogP contribution in [0.1, 0.15) is 17.5 Å². The largest absolute Gasteiger partial charge is 0.358 e. The van der Waals surface area contributed by atoms with E-state index in [2.05, 4.69) is 33.6 Å². The number of fused-ring (bicyclic) bond motifs is 1. The summed E-state index contributed by atoms with van der Waals surface area (Å²) in [5, 5.41) is 8.17. The molecule has 0 amide bonds. The third-order valence-corrected chi connectivity index (χ3v) is 4.60. The molecule has 22 heavy (non-hydrogen) atoms. The molecule has 0 saturated carbocycles. The van der Waals surface area contributed by atoms with E-state index < -0.39 is 0 Å². The summed E-state index contributed by atoms with van der Waals surface area (Å²) in [6.45, 7) is 2.80. The monoisotopic (exact) mass is 328 g/mol. The van der Waals surface area contributed by atoms with Crippen LogP contribution in [0.2, 0.25) is 0 Å². The van der Waals surface area contributed by atoms with Crippen molar-refractivity contribution in [1.82, 2.24) is 15.3 Å². The van der Waals surface area contributed by atoms with Gasteiger partial charge in [-0.05, 0) is 54.5 Å². The number of rotatable bonds is 4. The summed E-state index contributed by atoms with van der Waals surface area (Å²) in [5.41, 5.74) is 3.17.